The van der Waals surface area contributed by atoms with Crippen LogP contribution in [-0.4, -0.2) is 18.4 Å². The van der Waals surface area contributed by atoms with Crippen LogP contribution in [0.25, 0.3) is 0 Å². The number of esters is 1. The Kier molecular flexibility index (Phi) is 5.28. The summed E-state index contributed by atoms with van der Waals surface area (Å²) in [6, 6.07) is 10.6. The van der Waals surface area contributed by atoms with Crippen molar-refractivity contribution in [3.05, 3.63) is 56.2 Å². The van der Waals surface area contributed by atoms with Gasteiger partial charge >= 0.3 is 5.97 Å². The summed E-state index contributed by atoms with van der Waals surface area (Å²) in [7, 11) is 0. The highest BCUT2D eigenvalue weighted by molar-refractivity contribution is 7.18. The predicted molar refractivity (Wildman–Crippen MR) is 96.2 cm³/mol. The van der Waals surface area contributed by atoms with E-state index in [1.807, 2.05) is 12.1 Å². The second-order valence-electron chi connectivity index (χ2n) is 5.90. The van der Waals surface area contributed by atoms with Crippen molar-refractivity contribution in [2.45, 2.75) is 31.1 Å². The standard InChI is InChI=1S/C18H16Cl2O3S/c19-13-5-3-12(4-6-13)18(9-1-2-10-18)17(22)23-11-14(21)15-7-8-16(20)24-15/h3-8H,1-2,9-11H2. The Morgan fingerprint density at radius 2 is 1.71 bits per heavy atom. The minimum atomic E-state index is -0.669. The number of hydrogen-bond acceptors (Lipinski definition) is 4. The van der Waals surface area contributed by atoms with E-state index in [4.69, 9.17) is 27.9 Å². The van der Waals surface area contributed by atoms with Crippen molar-refractivity contribution in [1.82, 2.24) is 0 Å². The van der Waals surface area contributed by atoms with Gasteiger partial charge in [-0.05, 0) is 42.7 Å². The minimum absolute atomic E-state index is 0.232. The fourth-order valence-corrected chi connectivity index (χ4v) is 4.26. The maximum absolute atomic E-state index is 12.8. The summed E-state index contributed by atoms with van der Waals surface area (Å²) in [6.45, 7) is -0.259. The number of carbonyl (C=O) groups excluding carboxylic acids is 2. The van der Waals surface area contributed by atoms with E-state index in [0.29, 0.717) is 14.2 Å². The molecule has 1 fully saturated rings. The van der Waals surface area contributed by atoms with Crippen molar-refractivity contribution >= 4 is 46.3 Å². The number of benzene rings is 1. The smallest absolute Gasteiger partial charge is 0.317 e. The van der Waals surface area contributed by atoms with Crippen LogP contribution in [0.4, 0.5) is 0 Å². The fraction of sp³-hybridized carbons (Fsp3) is 0.333. The van der Waals surface area contributed by atoms with Crippen molar-refractivity contribution in [2.24, 2.45) is 0 Å². The lowest BCUT2D eigenvalue weighted by atomic mass is 9.79. The van der Waals surface area contributed by atoms with E-state index in [1.165, 1.54) is 11.3 Å². The first-order chi connectivity index (χ1) is 11.5. The van der Waals surface area contributed by atoms with E-state index >= 15 is 0 Å². The second kappa shape index (κ2) is 7.26. The molecule has 1 aromatic carbocycles. The van der Waals surface area contributed by atoms with Gasteiger partial charge in [-0.2, -0.15) is 0 Å². The van der Waals surface area contributed by atoms with Gasteiger partial charge in [0, 0.05) is 5.02 Å². The lowest BCUT2D eigenvalue weighted by molar-refractivity contribution is -0.149. The van der Waals surface area contributed by atoms with Crippen LogP contribution in [0.15, 0.2) is 36.4 Å². The molecule has 1 saturated carbocycles. The third-order valence-corrected chi connectivity index (χ3v) is 5.95. The number of rotatable bonds is 5. The first kappa shape index (κ1) is 17.5. The van der Waals surface area contributed by atoms with Gasteiger partial charge in [-0.15, -0.1) is 11.3 Å². The molecule has 0 saturated heterocycles. The molecule has 3 nitrogen and oxygen atoms in total. The Morgan fingerprint density at radius 1 is 1.04 bits per heavy atom. The van der Waals surface area contributed by atoms with Gasteiger partial charge in [0.1, 0.15) is 0 Å². The largest absolute Gasteiger partial charge is 0.457 e. The third-order valence-electron chi connectivity index (χ3n) is 4.43. The Hall–Kier alpha value is -1.36. The Morgan fingerprint density at radius 3 is 2.29 bits per heavy atom. The number of ketones is 1. The average Bonchev–Trinajstić information content (AvgIpc) is 3.23. The van der Waals surface area contributed by atoms with Gasteiger partial charge in [0.25, 0.3) is 0 Å². The molecule has 3 rings (SSSR count). The van der Waals surface area contributed by atoms with Crippen molar-refractivity contribution in [3.63, 3.8) is 0 Å². The molecule has 1 aliphatic carbocycles. The molecule has 0 amide bonds. The number of halogens is 2. The Bertz CT molecular complexity index is 746. The first-order valence-electron chi connectivity index (χ1n) is 7.73. The lowest BCUT2D eigenvalue weighted by Crippen LogP contribution is -2.35. The summed E-state index contributed by atoms with van der Waals surface area (Å²) in [6.07, 6.45) is 3.39. The summed E-state index contributed by atoms with van der Waals surface area (Å²) in [5, 5.41) is 0.630. The van der Waals surface area contributed by atoms with E-state index in [0.717, 1.165) is 31.2 Å². The van der Waals surface area contributed by atoms with Gasteiger partial charge < -0.3 is 4.74 Å². The predicted octanol–water partition coefficient (Wildman–Crippen LogP) is 5.29. The monoisotopic (exact) mass is 382 g/mol. The van der Waals surface area contributed by atoms with Crippen LogP contribution in [0.3, 0.4) is 0 Å². The zero-order valence-electron chi connectivity index (χ0n) is 12.9. The van der Waals surface area contributed by atoms with Crippen LogP contribution < -0.4 is 0 Å². The zero-order chi connectivity index (χ0) is 17.2. The van der Waals surface area contributed by atoms with Crippen molar-refractivity contribution in [2.75, 3.05) is 6.61 Å². The molecule has 0 radical (unpaired) electrons. The average molecular weight is 383 g/mol. The maximum Gasteiger partial charge on any atom is 0.317 e. The molecule has 0 N–H and O–H groups in total. The lowest BCUT2D eigenvalue weighted by Gasteiger charge is -2.27. The molecule has 0 bridgehead atoms. The van der Waals surface area contributed by atoms with Crippen LogP contribution in [0, 0.1) is 0 Å². The maximum atomic E-state index is 12.8. The van der Waals surface area contributed by atoms with Gasteiger partial charge in [0.2, 0.25) is 5.78 Å². The normalized spacial score (nSPS) is 16.1. The molecule has 6 heteroatoms. The molecule has 0 aliphatic heterocycles. The molecule has 0 spiro atoms. The summed E-state index contributed by atoms with van der Waals surface area (Å²) in [5.41, 5.74) is 0.235. The van der Waals surface area contributed by atoms with E-state index < -0.39 is 5.41 Å². The minimum Gasteiger partial charge on any atom is -0.457 e. The number of ether oxygens (including phenoxy) is 1. The van der Waals surface area contributed by atoms with Crippen LogP contribution >= 0.6 is 34.5 Å². The Labute approximate surface area is 154 Å². The van der Waals surface area contributed by atoms with Gasteiger partial charge in [-0.25, -0.2) is 0 Å². The summed E-state index contributed by atoms with van der Waals surface area (Å²) in [4.78, 5) is 25.4. The molecule has 2 aromatic rings. The van der Waals surface area contributed by atoms with Crippen LogP contribution in [0.2, 0.25) is 9.36 Å². The molecule has 0 atom stereocenters. The van der Waals surface area contributed by atoms with Gasteiger partial charge in [-0.1, -0.05) is 48.2 Å². The number of hydrogen-bond donors (Lipinski definition) is 0. The summed E-state index contributed by atoms with van der Waals surface area (Å²) in [5.74, 6) is -0.567. The van der Waals surface area contributed by atoms with Gasteiger partial charge in [-0.3, -0.25) is 9.59 Å². The third kappa shape index (κ3) is 3.51. The quantitative estimate of drug-likeness (QED) is 0.520. The molecule has 24 heavy (non-hydrogen) atoms. The van der Waals surface area contributed by atoms with Crippen molar-refractivity contribution in [1.29, 1.82) is 0 Å². The summed E-state index contributed by atoms with van der Waals surface area (Å²) < 4.78 is 5.92. The highest BCUT2D eigenvalue weighted by Crippen LogP contribution is 2.42. The van der Waals surface area contributed by atoms with Gasteiger partial charge in [0.05, 0.1) is 14.6 Å². The number of carbonyl (C=O) groups is 2. The number of thiophene rings is 1. The van der Waals surface area contributed by atoms with Crippen LogP contribution in [0.5, 0.6) is 0 Å². The van der Waals surface area contributed by atoms with E-state index in [-0.39, 0.29) is 18.4 Å². The zero-order valence-corrected chi connectivity index (χ0v) is 15.2. The SMILES string of the molecule is O=C(COC(=O)C1(c2ccc(Cl)cc2)CCCC1)c1ccc(Cl)s1. The van der Waals surface area contributed by atoms with Crippen molar-refractivity contribution < 1.29 is 14.3 Å². The number of Topliss-reactive ketones (excluding diaryl/α,β-unsaturated/α-hetero) is 1. The molecule has 0 unspecified atom stereocenters. The van der Waals surface area contributed by atoms with E-state index in [1.54, 1.807) is 24.3 Å². The molecule has 1 heterocycles. The molecule has 1 aromatic heterocycles. The second-order valence-corrected chi connectivity index (χ2v) is 8.05. The van der Waals surface area contributed by atoms with Crippen LogP contribution in [0.1, 0.15) is 40.9 Å². The molecular weight excluding hydrogens is 367 g/mol. The highest BCUT2D eigenvalue weighted by atomic mass is 35.5. The van der Waals surface area contributed by atoms with E-state index in [9.17, 15) is 9.59 Å². The summed E-state index contributed by atoms with van der Waals surface area (Å²) >= 11 is 13.0. The molecular formula is C18H16Cl2O3S. The fourth-order valence-electron chi connectivity index (χ4n) is 3.16. The first-order valence-corrected chi connectivity index (χ1v) is 9.30. The molecule has 1 aliphatic rings. The highest BCUT2D eigenvalue weighted by Gasteiger charge is 2.44. The molecule has 126 valence electrons. The van der Waals surface area contributed by atoms with E-state index in [2.05, 4.69) is 0 Å². The Balaban J connectivity index is 1.73. The van der Waals surface area contributed by atoms with Crippen LogP contribution in [-0.2, 0) is 14.9 Å². The van der Waals surface area contributed by atoms with Gasteiger partial charge in [0.15, 0.2) is 6.61 Å². The van der Waals surface area contributed by atoms with Crippen molar-refractivity contribution in [3.8, 4) is 0 Å². The topological polar surface area (TPSA) is 43.4 Å².